The van der Waals surface area contributed by atoms with Gasteiger partial charge in [0.05, 0.1) is 26.8 Å². The summed E-state index contributed by atoms with van der Waals surface area (Å²) in [5.41, 5.74) is -0.251. The lowest BCUT2D eigenvalue weighted by molar-refractivity contribution is -0.145. The third-order valence-electron chi connectivity index (χ3n) is 7.42. The first-order valence-corrected chi connectivity index (χ1v) is 14.9. The van der Waals surface area contributed by atoms with Crippen LogP contribution in [-0.2, 0) is 20.8 Å². The Kier molecular flexibility index (Phi) is 10.5. The average Bonchev–Trinajstić information content (AvgIpc) is 2.95. The molecular weight excluding hydrogens is 595 g/mol. The molecule has 8 nitrogen and oxygen atoms in total. The minimum Gasteiger partial charge on any atom is -0.497 e. The lowest BCUT2D eigenvalue weighted by atomic mass is 9.84. The molecule has 2 fully saturated rings. The van der Waals surface area contributed by atoms with Crippen LogP contribution in [0, 0.1) is 11.7 Å². The molecule has 1 aliphatic carbocycles. The van der Waals surface area contributed by atoms with Crippen LogP contribution in [0.2, 0.25) is 0 Å². The zero-order valence-corrected chi connectivity index (χ0v) is 25.8. The van der Waals surface area contributed by atoms with Gasteiger partial charge >= 0.3 is 6.09 Å². The number of morpholine rings is 1. The SMILES string of the molecule is COc1ccc(OC[C@@H]2CN(C(=O)C3CCC(N(Cc4ccc(Br)cc4F)C(=O)OC(C)(C)C)CC3)CCO2)cc1. The summed E-state index contributed by atoms with van der Waals surface area (Å²) in [7, 11) is 1.62. The fraction of sp³-hybridized carbons (Fsp3) is 0.548. The maximum atomic E-state index is 14.7. The van der Waals surface area contributed by atoms with E-state index in [0.29, 0.717) is 67.8 Å². The van der Waals surface area contributed by atoms with E-state index in [1.165, 1.54) is 6.07 Å². The van der Waals surface area contributed by atoms with E-state index in [2.05, 4.69) is 15.9 Å². The summed E-state index contributed by atoms with van der Waals surface area (Å²) in [4.78, 5) is 30.2. The zero-order chi connectivity index (χ0) is 29.6. The Hall–Kier alpha value is -2.85. The number of halogens is 2. The number of nitrogens with zero attached hydrogens (tertiary/aromatic N) is 2. The first-order chi connectivity index (χ1) is 19.5. The van der Waals surface area contributed by atoms with E-state index in [1.807, 2.05) is 49.9 Å². The van der Waals surface area contributed by atoms with Crippen molar-refractivity contribution in [2.75, 3.05) is 33.4 Å². The summed E-state index contributed by atoms with van der Waals surface area (Å²) in [5.74, 6) is 1.08. The molecule has 41 heavy (non-hydrogen) atoms. The van der Waals surface area contributed by atoms with Crippen molar-refractivity contribution in [3.05, 3.63) is 58.3 Å². The number of hydrogen-bond acceptors (Lipinski definition) is 6. The van der Waals surface area contributed by atoms with Crippen molar-refractivity contribution in [3.8, 4) is 11.5 Å². The highest BCUT2D eigenvalue weighted by Crippen LogP contribution is 2.32. The van der Waals surface area contributed by atoms with Crippen LogP contribution in [0.3, 0.4) is 0 Å². The Morgan fingerprint density at radius 1 is 1.07 bits per heavy atom. The summed E-state index contributed by atoms with van der Waals surface area (Å²) in [6, 6.07) is 12.1. The smallest absolute Gasteiger partial charge is 0.410 e. The Bertz CT molecular complexity index is 1180. The molecule has 2 aromatic rings. The molecule has 1 heterocycles. The standard InChI is InChI=1S/C31H40BrFN2O6/c1-31(2,3)41-30(37)35(18-22-5-8-23(32)17-28(22)33)24-9-6-21(7-10-24)29(36)34-15-16-39-27(19-34)20-40-26-13-11-25(38-4)12-14-26/h5,8,11-14,17,21,24,27H,6-7,9-10,15-16,18-20H2,1-4H3/t21?,24?,27-/m0/s1. The van der Waals surface area contributed by atoms with Gasteiger partial charge in [-0.1, -0.05) is 22.0 Å². The molecule has 1 aliphatic heterocycles. The molecule has 0 aromatic heterocycles. The van der Waals surface area contributed by atoms with E-state index in [4.69, 9.17) is 18.9 Å². The Morgan fingerprint density at radius 2 is 1.76 bits per heavy atom. The molecule has 1 atom stereocenters. The predicted octanol–water partition coefficient (Wildman–Crippen LogP) is 6.20. The van der Waals surface area contributed by atoms with Crippen LogP contribution >= 0.6 is 15.9 Å². The van der Waals surface area contributed by atoms with Crippen LogP contribution < -0.4 is 9.47 Å². The molecule has 224 valence electrons. The van der Waals surface area contributed by atoms with Crippen LogP contribution in [0.5, 0.6) is 11.5 Å². The van der Waals surface area contributed by atoms with Crippen molar-refractivity contribution < 1.29 is 32.9 Å². The number of ether oxygens (including phenoxy) is 4. The number of carbonyl (C=O) groups excluding carboxylic acids is 2. The summed E-state index contributed by atoms with van der Waals surface area (Å²) < 4.78 is 37.9. The topological polar surface area (TPSA) is 77.5 Å². The molecule has 2 aromatic carbocycles. The van der Waals surface area contributed by atoms with E-state index in [0.717, 1.165) is 5.75 Å². The minimum atomic E-state index is -0.676. The summed E-state index contributed by atoms with van der Waals surface area (Å²) in [5, 5.41) is 0. The van der Waals surface area contributed by atoms with Crippen molar-refractivity contribution in [2.24, 2.45) is 5.92 Å². The second-order valence-electron chi connectivity index (χ2n) is 11.6. The van der Waals surface area contributed by atoms with Gasteiger partial charge in [-0.15, -0.1) is 0 Å². The predicted molar refractivity (Wildman–Crippen MR) is 156 cm³/mol. The van der Waals surface area contributed by atoms with Crippen LogP contribution in [-0.4, -0.2) is 73.0 Å². The van der Waals surface area contributed by atoms with Gasteiger partial charge in [-0.25, -0.2) is 9.18 Å². The molecule has 10 heteroatoms. The van der Waals surface area contributed by atoms with Crippen molar-refractivity contribution in [2.45, 2.75) is 70.7 Å². The number of rotatable bonds is 8. The molecule has 0 radical (unpaired) electrons. The second kappa shape index (κ2) is 13.9. The second-order valence-corrected chi connectivity index (χ2v) is 12.5. The minimum absolute atomic E-state index is 0.108. The fourth-order valence-corrected chi connectivity index (χ4v) is 5.60. The maximum Gasteiger partial charge on any atom is 0.410 e. The van der Waals surface area contributed by atoms with Crippen LogP contribution in [0.25, 0.3) is 0 Å². The van der Waals surface area contributed by atoms with Gasteiger partial charge in [0.1, 0.15) is 35.6 Å². The van der Waals surface area contributed by atoms with E-state index in [1.54, 1.807) is 24.1 Å². The van der Waals surface area contributed by atoms with Crippen molar-refractivity contribution in [3.63, 3.8) is 0 Å². The summed E-state index contributed by atoms with van der Waals surface area (Å²) in [6.45, 7) is 7.38. The van der Waals surface area contributed by atoms with Gasteiger partial charge in [-0.05, 0) is 82.9 Å². The largest absolute Gasteiger partial charge is 0.497 e. The van der Waals surface area contributed by atoms with Gasteiger partial charge < -0.3 is 28.7 Å². The number of carbonyl (C=O) groups is 2. The lowest BCUT2D eigenvalue weighted by Crippen LogP contribution is -2.51. The van der Waals surface area contributed by atoms with Crippen LogP contribution in [0.4, 0.5) is 9.18 Å². The highest BCUT2D eigenvalue weighted by atomic mass is 79.9. The molecule has 0 spiro atoms. The van der Waals surface area contributed by atoms with E-state index in [9.17, 15) is 14.0 Å². The number of benzene rings is 2. The molecule has 4 rings (SSSR count). The zero-order valence-electron chi connectivity index (χ0n) is 24.2. The molecule has 0 N–H and O–H groups in total. The molecule has 0 unspecified atom stereocenters. The van der Waals surface area contributed by atoms with E-state index < -0.39 is 11.7 Å². The molecule has 2 aliphatic rings. The van der Waals surface area contributed by atoms with Crippen molar-refractivity contribution in [1.29, 1.82) is 0 Å². The van der Waals surface area contributed by atoms with Gasteiger partial charge in [0.25, 0.3) is 0 Å². The lowest BCUT2D eigenvalue weighted by Gasteiger charge is -2.39. The number of amides is 2. The first kappa shape index (κ1) is 31.1. The van der Waals surface area contributed by atoms with Crippen LogP contribution in [0.1, 0.15) is 52.0 Å². The maximum absolute atomic E-state index is 14.7. The Labute approximate surface area is 250 Å². The van der Waals surface area contributed by atoms with E-state index >= 15 is 0 Å². The van der Waals surface area contributed by atoms with Gasteiger partial charge in [-0.3, -0.25) is 4.79 Å². The summed E-state index contributed by atoms with van der Waals surface area (Å²) in [6.07, 6.45) is 1.90. The van der Waals surface area contributed by atoms with E-state index in [-0.39, 0.29) is 36.3 Å². The van der Waals surface area contributed by atoms with Gasteiger partial charge in [0.2, 0.25) is 5.91 Å². The highest BCUT2D eigenvalue weighted by molar-refractivity contribution is 9.10. The average molecular weight is 636 g/mol. The van der Waals surface area contributed by atoms with Gasteiger partial charge in [-0.2, -0.15) is 0 Å². The monoisotopic (exact) mass is 634 g/mol. The van der Waals surface area contributed by atoms with Gasteiger partial charge in [0.15, 0.2) is 0 Å². The van der Waals surface area contributed by atoms with Crippen molar-refractivity contribution in [1.82, 2.24) is 9.80 Å². The normalized spacial score (nSPS) is 21.2. The molecular formula is C31H40BrFN2O6. The molecule has 1 saturated heterocycles. The van der Waals surface area contributed by atoms with Crippen LogP contribution in [0.15, 0.2) is 46.9 Å². The molecule has 1 saturated carbocycles. The number of methoxy groups -OCH3 is 1. The third-order valence-corrected chi connectivity index (χ3v) is 7.91. The fourth-order valence-electron chi connectivity index (χ4n) is 5.27. The molecule has 2 amide bonds. The summed E-state index contributed by atoms with van der Waals surface area (Å²) >= 11 is 3.29. The molecule has 0 bridgehead atoms. The highest BCUT2D eigenvalue weighted by Gasteiger charge is 2.36. The first-order valence-electron chi connectivity index (χ1n) is 14.1. The quantitative estimate of drug-likeness (QED) is 0.344. The van der Waals surface area contributed by atoms with Gasteiger partial charge in [0, 0.05) is 28.5 Å². The number of hydrogen-bond donors (Lipinski definition) is 0. The Balaban J connectivity index is 1.33. The third kappa shape index (κ3) is 8.82. The Morgan fingerprint density at radius 3 is 2.39 bits per heavy atom. The van der Waals surface area contributed by atoms with Crippen molar-refractivity contribution >= 4 is 27.9 Å².